The highest BCUT2D eigenvalue weighted by atomic mass is 15.0. The molecule has 348 valence electrons. The molecule has 0 spiro atoms. The van der Waals surface area contributed by atoms with Gasteiger partial charge in [0.05, 0.1) is 11.2 Å². The molecule has 0 amide bonds. The van der Waals surface area contributed by atoms with Crippen LogP contribution in [0.4, 0.5) is 0 Å². The van der Waals surface area contributed by atoms with Crippen LogP contribution in [0.1, 0.15) is 0 Å². The van der Waals surface area contributed by atoms with Gasteiger partial charge in [0.15, 0.2) is 0 Å². The van der Waals surface area contributed by atoms with Crippen molar-refractivity contribution >= 4 is 75.8 Å². The predicted molar refractivity (Wildman–Crippen MR) is 317 cm³/mol. The highest BCUT2D eigenvalue weighted by molar-refractivity contribution is 6.26. The molecule has 0 N–H and O–H groups in total. The maximum absolute atomic E-state index is 5.41. The average molecular weight is 952 g/mol. The Hall–Kier alpha value is -9.96. The van der Waals surface area contributed by atoms with Gasteiger partial charge in [-0.3, -0.25) is 9.55 Å². The number of hydrogen-bond donors (Lipinski definition) is 0. The van der Waals surface area contributed by atoms with Crippen molar-refractivity contribution in [2.24, 2.45) is 0 Å². The summed E-state index contributed by atoms with van der Waals surface area (Å²) in [5.41, 5.74) is 16.7. The van der Waals surface area contributed by atoms with Gasteiger partial charge in [-0.1, -0.05) is 212 Å². The zero-order chi connectivity index (χ0) is 49.4. The van der Waals surface area contributed by atoms with Gasteiger partial charge in [-0.25, -0.2) is 4.98 Å². The molecule has 3 nitrogen and oxygen atoms in total. The summed E-state index contributed by atoms with van der Waals surface area (Å²) in [4.78, 5) is 10.3. The fourth-order valence-corrected chi connectivity index (χ4v) is 12.1. The molecule has 15 aromatic rings. The zero-order valence-electron chi connectivity index (χ0n) is 40.8. The van der Waals surface area contributed by atoms with Crippen LogP contribution in [-0.2, 0) is 0 Å². The van der Waals surface area contributed by atoms with Crippen molar-refractivity contribution in [3.63, 3.8) is 0 Å². The largest absolute Gasteiger partial charge is 0.294 e. The van der Waals surface area contributed by atoms with Crippen LogP contribution in [0.15, 0.2) is 273 Å². The van der Waals surface area contributed by atoms with Crippen LogP contribution in [0.3, 0.4) is 0 Å². The summed E-state index contributed by atoms with van der Waals surface area (Å²) in [6, 6.07) is 95.2. The molecule has 0 atom stereocenters. The Morgan fingerprint density at radius 2 is 0.747 bits per heavy atom. The lowest BCUT2D eigenvalue weighted by Gasteiger charge is -2.21. The maximum Gasteiger partial charge on any atom is 0.145 e. The number of nitrogens with zero attached hydrogens (tertiary/aromatic N) is 3. The molecule has 3 heterocycles. The number of fused-ring (bicyclic) bond motifs is 8. The molecule has 0 aliphatic rings. The summed E-state index contributed by atoms with van der Waals surface area (Å²) >= 11 is 0. The van der Waals surface area contributed by atoms with E-state index in [2.05, 4.69) is 266 Å². The van der Waals surface area contributed by atoms with Crippen molar-refractivity contribution in [3.05, 3.63) is 273 Å². The van der Waals surface area contributed by atoms with Gasteiger partial charge in [0.25, 0.3) is 0 Å². The molecule has 15 rings (SSSR count). The number of aromatic nitrogens is 3. The normalized spacial score (nSPS) is 11.7. The number of pyridine rings is 2. The lowest BCUT2D eigenvalue weighted by Crippen LogP contribution is -1.96. The van der Waals surface area contributed by atoms with Crippen molar-refractivity contribution < 1.29 is 0 Å². The predicted octanol–water partition coefficient (Wildman–Crippen LogP) is 19.3. The van der Waals surface area contributed by atoms with E-state index in [9.17, 15) is 0 Å². The van der Waals surface area contributed by atoms with E-state index >= 15 is 0 Å². The number of hydrogen-bond acceptors (Lipinski definition) is 2. The molecule has 0 radical (unpaired) electrons. The van der Waals surface area contributed by atoms with Crippen molar-refractivity contribution in [1.82, 2.24) is 14.5 Å². The number of para-hydroxylation sites is 1. The molecule has 3 aromatic heterocycles. The second-order valence-corrected chi connectivity index (χ2v) is 19.6. The fourth-order valence-electron chi connectivity index (χ4n) is 12.1. The Kier molecular flexibility index (Phi) is 9.89. The van der Waals surface area contributed by atoms with E-state index in [1.54, 1.807) is 0 Å². The minimum absolute atomic E-state index is 0.925. The van der Waals surface area contributed by atoms with Gasteiger partial charge < -0.3 is 0 Å². The second-order valence-electron chi connectivity index (χ2n) is 19.6. The molecule has 12 aromatic carbocycles. The summed E-state index contributed by atoms with van der Waals surface area (Å²) in [6.07, 6.45) is 4.01. The first-order valence-electron chi connectivity index (χ1n) is 25.7. The van der Waals surface area contributed by atoms with E-state index in [1.807, 2.05) is 12.3 Å². The first kappa shape index (κ1) is 42.7. The second kappa shape index (κ2) is 17.4. The van der Waals surface area contributed by atoms with E-state index in [1.165, 1.54) is 76.1 Å². The van der Waals surface area contributed by atoms with E-state index in [-0.39, 0.29) is 0 Å². The number of rotatable bonds is 7. The molecule has 0 unspecified atom stereocenters. The smallest absolute Gasteiger partial charge is 0.145 e. The summed E-state index contributed by atoms with van der Waals surface area (Å²) in [7, 11) is 0. The standard InChI is InChI=1S/C72H45N3/c1-2-24-51(25-3-1)75-69-40-38-49(42-65(69)63-36-17-41-73-72(63)75)55-29-10-11-30-56(55)64-44-68(57-33-14-21-46-18-4-7-26-52(46)57)74-45-67(64)50-37-39-62-66(43-50)71(59-35-16-23-48-20-6-9-28-54(48)59)61-32-13-12-31-60(61)70(62)58-34-15-22-47-19-5-8-27-53(47)58/h1-45H. The van der Waals surface area contributed by atoms with Gasteiger partial charge in [0.2, 0.25) is 0 Å². The monoisotopic (exact) mass is 951 g/mol. The Morgan fingerprint density at radius 1 is 0.267 bits per heavy atom. The summed E-state index contributed by atoms with van der Waals surface area (Å²) in [6.45, 7) is 0. The molecule has 0 fully saturated rings. The minimum Gasteiger partial charge on any atom is -0.294 e. The lowest BCUT2D eigenvalue weighted by molar-refractivity contribution is 1.14. The van der Waals surface area contributed by atoms with Gasteiger partial charge in [-0.05, 0) is 152 Å². The summed E-state index contributed by atoms with van der Waals surface area (Å²) in [5.74, 6) is 0. The summed E-state index contributed by atoms with van der Waals surface area (Å²) in [5, 5.41) is 14.4. The fraction of sp³-hybridized carbons (Fsp3) is 0. The van der Waals surface area contributed by atoms with Crippen LogP contribution in [0, 0.1) is 0 Å². The van der Waals surface area contributed by atoms with Crippen LogP contribution in [0.25, 0.3) is 148 Å². The molecule has 0 bridgehead atoms. The van der Waals surface area contributed by atoms with Crippen LogP contribution in [0.5, 0.6) is 0 Å². The van der Waals surface area contributed by atoms with Gasteiger partial charge in [-0.2, -0.15) is 0 Å². The third kappa shape index (κ3) is 6.90. The van der Waals surface area contributed by atoms with E-state index in [0.29, 0.717) is 0 Å². The molecular formula is C72H45N3. The first-order chi connectivity index (χ1) is 37.2. The SMILES string of the molecule is c1ccc(-n2c3ccc(-c4ccccc4-c4cc(-c5cccc6ccccc56)ncc4-c4ccc5c(-c6cccc7ccccc67)c6ccccc6c(-c6cccc7ccccc67)c5c4)cc3c3cccnc32)cc1. The zero-order valence-corrected chi connectivity index (χ0v) is 40.8. The van der Waals surface area contributed by atoms with Crippen LogP contribution in [-0.4, -0.2) is 14.5 Å². The van der Waals surface area contributed by atoms with Crippen LogP contribution < -0.4 is 0 Å². The Morgan fingerprint density at radius 3 is 1.43 bits per heavy atom. The first-order valence-corrected chi connectivity index (χ1v) is 25.7. The molecular weight excluding hydrogens is 907 g/mol. The molecule has 0 saturated heterocycles. The maximum atomic E-state index is 5.41. The minimum atomic E-state index is 0.925. The van der Waals surface area contributed by atoms with Crippen molar-refractivity contribution in [2.45, 2.75) is 0 Å². The van der Waals surface area contributed by atoms with Crippen LogP contribution in [0.2, 0.25) is 0 Å². The van der Waals surface area contributed by atoms with Crippen molar-refractivity contribution in [2.75, 3.05) is 0 Å². The third-order valence-corrected chi connectivity index (χ3v) is 15.5. The topological polar surface area (TPSA) is 30.7 Å². The molecule has 75 heavy (non-hydrogen) atoms. The Labute approximate surface area is 433 Å². The highest BCUT2D eigenvalue weighted by Crippen LogP contribution is 2.49. The van der Waals surface area contributed by atoms with Crippen molar-refractivity contribution in [1.29, 1.82) is 0 Å². The summed E-state index contributed by atoms with van der Waals surface area (Å²) < 4.78 is 2.28. The number of benzene rings is 12. The van der Waals surface area contributed by atoms with Gasteiger partial charge in [0.1, 0.15) is 5.65 Å². The molecule has 0 aliphatic carbocycles. The van der Waals surface area contributed by atoms with Gasteiger partial charge >= 0.3 is 0 Å². The Balaban J connectivity index is 1.02. The average Bonchev–Trinajstić information content (AvgIpc) is 3.82. The van der Waals surface area contributed by atoms with E-state index < -0.39 is 0 Å². The highest BCUT2D eigenvalue weighted by Gasteiger charge is 2.23. The molecule has 3 heteroatoms. The quantitative estimate of drug-likeness (QED) is 0.149. The molecule has 0 aliphatic heterocycles. The van der Waals surface area contributed by atoms with E-state index in [4.69, 9.17) is 9.97 Å². The van der Waals surface area contributed by atoms with Crippen molar-refractivity contribution in [3.8, 4) is 72.6 Å². The Bertz CT molecular complexity index is 4760. The van der Waals surface area contributed by atoms with Crippen LogP contribution >= 0.6 is 0 Å². The third-order valence-electron chi connectivity index (χ3n) is 15.5. The van der Waals surface area contributed by atoms with E-state index in [0.717, 1.165) is 72.3 Å². The molecule has 0 saturated carbocycles. The van der Waals surface area contributed by atoms with Gasteiger partial charge in [0, 0.05) is 40.0 Å². The van der Waals surface area contributed by atoms with Gasteiger partial charge in [-0.15, -0.1) is 0 Å². The lowest BCUT2D eigenvalue weighted by atomic mass is 9.82.